The molecule has 0 amide bonds. The molecule has 0 aromatic heterocycles. The summed E-state index contributed by atoms with van der Waals surface area (Å²) >= 11 is 0. The van der Waals surface area contributed by atoms with Gasteiger partial charge >= 0.3 is 0 Å². The average Bonchev–Trinajstić information content (AvgIpc) is 3.19. The van der Waals surface area contributed by atoms with Gasteiger partial charge in [-0.15, -0.1) is 0 Å². The van der Waals surface area contributed by atoms with E-state index >= 15 is 0 Å². The van der Waals surface area contributed by atoms with Crippen LogP contribution in [0.25, 0.3) is 0 Å². The van der Waals surface area contributed by atoms with Crippen LogP contribution in [0.5, 0.6) is 11.5 Å². The number of nitrogens with zero attached hydrogens (tertiary/aromatic N) is 2. The van der Waals surface area contributed by atoms with Crippen molar-refractivity contribution in [3.63, 3.8) is 0 Å². The largest absolute Gasteiger partial charge is 0.497 e. The van der Waals surface area contributed by atoms with Gasteiger partial charge in [0.1, 0.15) is 11.5 Å². The summed E-state index contributed by atoms with van der Waals surface area (Å²) in [5.74, 6) is 1.54. The molecule has 4 heteroatoms. The topological polar surface area (TPSA) is 34.1 Å². The highest BCUT2D eigenvalue weighted by Gasteiger charge is 2.31. The summed E-state index contributed by atoms with van der Waals surface area (Å²) in [6.07, 6.45) is 0.807. The van der Waals surface area contributed by atoms with Crippen LogP contribution < -0.4 is 14.5 Å². The standard InChI is InChI=1S/C23H22N2O2/c1-26-19-13-14-20(23(15-19)27-2)21-16-22(17-9-5-3-6-10-17)25(24-21)18-11-7-4-8-12-18/h3-15,22H,16H2,1-2H3. The Balaban J connectivity index is 1.76. The first-order chi connectivity index (χ1) is 13.3. The Hall–Kier alpha value is -3.27. The maximum Gasteiger partial charge on any atom is 0.131 e. The molecule has 0 spiro atoms. The van der Waals surface area contributed by atoms with Crippen molar-refractivity contribution in [1.29, 1.82) is 0 Å². The number of para-hydroxylation sites is 1. The van der Waals surface area contributed by atoms with Crippen molar-refractivity contribution in [2.24, 2.45) is 5.10 Å². The van der Waals surface area contributed by atoms with Crippen molar-refractivity contribution in [2.45, 2.75) is 12.5 Å². The lowest BCUT2D eigenvalue weighted by Crippen LogP contribution is -2.18. The number of benzene rings is 3. The number of hydrazone groups is 1. The van der Waals surface area contributed by atoms with Gasteiger partial charge in [-0.2, -0.15) is 5.10 Å². The second-order valence-corrected chi connectivity index (χ2v) is 6.42. The van der Waals surface area contributed by atoms with Crippen molar-refractivity contribution in [3.05, 3.63) is 90.0 Å². The number of hydrogen-bond acceptors (Lipinski definition) is 4. The summed E-state index contributed by atoms with van der Waals surface area (Å²) in [6.45, 7) is 0. The molecule has 0 aliphatic carbocycles. The molecule has 1 aliphatic heterocycles. The highest BCUT2D eigenvalue weighted by molar-refractivity contribution is 6.05. The zero-order valence-electron chi connectivity index (χ0n) is 15.5. The smallest absolute Gasteiger partial charge is 0.131 e. The van der Waals surface area contributed by atoms with Crippen LogP contribution >= 0.6 is 0 Å². The predicted molar refractivity (Wildman–Crippen MR) is 109 cm³/mol. The van der Waals surface area contributed by atoms with Crippen LogP contribution in [-0.2, 0) is 0 Å². The molecule has 3 aromatic carbocycles. The van der Waals surface area contributed by atoms with E-state index in [1.807, 2.05) is 42.5 Å². The van der Waals surface area contributed by atoms with Crippen LogP contribution in [0.2, 0.25) is 0 Å². The van der Waals surface area contributed by atoms with E-state index in [-0.39, 0.29) is 6.04 Å². The Labute approximate surface area is 159 Å². The van der Waals surface area contributed by atoms with Crippen molar-refractivity contribution in [1.82, 2.24) is 0 Å². The van der Waals surface area contributed by atoms with Crippen LogP contribution in [0.15, 0.2) is 84.0 Å². The van der Waals surface area contributed by atoms with E-state index in [2.05, 4.69) is 41.4 Å². The Morgan fingerprint density at radius 3 is 2.22 bits per heavy atom. The molecule has 27 heavy (non-hydrogen) atoms. The van der Waals surface area contributed by atoms with Gasteiger partial charge in [-0.3, -0.25) is 5.01 Å². The minimum atomic E-state index is 0.149. The molecule has 136 valence electrons. The first kappa shape index (κ1) is 17.2. The quantitative estimate of drug-likeness (QED) is 0.639. The molecular weight excluding hydrogens is 336 g/mol. The molecule has 1 atom stereocenters. The van der Waals surface area contributed by atoms with Crippen molar-refractivity contribution in [2.75, 3.05) is 19.2 Å². The molecule has 0 N–H and O–H groups in total. The molecule has 4 rings (SSSR count). The maximum absolute atomic E-state index is 5.60. The van der Waals surface area contributed by atoms with Gasteiger partial charge in [0.15, 0.2) is 0 Å². The Morgan fingerprint density at radius 2 is 1.56 bits per heavy atom. The molecule has 1 heterocycles. The SMILES string of the molecule is COc1ccc(C2=NN(c3ccccc3)C(c3ccccc3)C2)c(OC)c1. The number of anilines is 1. The minimum absolute atomic E-state index is 0.149. The van der Waals surface area contributed by atoms with Crippen LogP contribution in [0.4, 0.5) is 5.69 Å². The normalized spacial score (nSPS) is 16.1. The molecule has 0 radical (unpaired) electrons. The molecule has 3 aromatic rings. The van der Waals surface area contributed by atoms with Gasteiger partial charge in [0.05, 0.1) is 31.7 Å². The van der Waals surface area contributed by atoms with Crippen LogP contribution in [0, 0.1) is 0 Å². The van der Waals surface area contributed by atoms with Gasteiger partial charge in [0, 0.05) is 18.1 Å². The van der Waals surface area contributed by atoms with E-state index in [1.165, 1.54) is 5.56 Å². The molecular formula is C23H22N2O2. The fourth-order valence-corrected chi connectivity index (χ4v) is 3.46. The fraction of sp³-hybridized carbons (Fsp3) is 0.174. The first-order valence-corrected chi connectivity index (χ1v) is 8.99. The van der Waals surface area contributed by atoms with E-state index in [1.54, 1.807) is 14.2 Å². The molecule has 0 fully saturated rings. The third-order valence-electron chi connectivity index (χ3n) is 4.84. The monoisotopic (exact) mass is 358 g/mol. The Morgan fingerprint density at radius 1 is 0.852 bits per heavy atom. The summed E-state index contributed by atoms with van der Waals surface area (Å²) in [4.78, 5) is 0. The first-order valence-electron chi connectivity index (χ1n) is 8.99. The highest BCUT2D eigenvalue weighted by Crippen LogP contribution is 2.38. The van der Waals surface area contributed by atoms with Crippen molar-refractivity contribution >= 4 is 11.4 Å². The van der Waals surface area contributed by atoms with Gasteiger partial charge < -0.3 is 9.47 Å². The summed E-state index contributed by atoms with van der Waals surface area (Å²) in [7, 11) is 3.33. The van der Waals surface area contributed by atoms with Gasteiger partial charge in [-0.1, -0.05) is 48.5 Å². The average molecular weight is 358 g/mol. The van der Waals surface area contributed by atoms with Crippen molar-refractivity contribution < 1.29 is 9.47 Å². The zero-order valence-corrected chi connectivity index (χ0v) is 15.5. The number of ether oxygens (including phenoxy) is 2. The van der Waals surface area contributed by atoms with E-state index in [0.29, 0.717) is 0 Å². The molecule has 0 bridgehead atoms. The molecule has 0 saturated carbocycles. The second-order valence-electron chi connectivity index (χ2n) is 6.42. The summed E-state index contributed by atoms with van der Waals surface area (Å²) < 4.78 is 10.9. The van der Waals surface area contributed by atoms with Crippen LogP contribution in [0.3, 0.4) is 0 Å². The maximum atomic E-state index is 5.60. The van der Waals surface area contributed by atoms with E-state index < -0.39 is 0 Å². The van der Waals surface area contributed by atoms with E-state index in [4.69, 9.17) is 14.6 Å². The van der Waals surface area contributed by atoms with Crippen LogP contribution in [0.1, 0.15) is 23.6 Å². The number of hydrogen-bond donors (Lipinski definition) is 0. The third-order valence-corrected chi connectivity index (χ3v) is 4.84. The molecule has 1 unspecified atom stereocenters. The lowest BCUT2D eigenvalue weighted by molar-refractivity contribution is 0.394. The zero-order chi connectivity index (χ0) is 18.6. The summed E-state index contributed by atoms with van der Waals surface area (Å²) in [6, 6.07) is 26.8. The summed E-state index contributed by atoms with van der Waals surface area (Å²) in [5.41, 5.74) is 4.33. The molecule has 0 saturated heterocycles. The lowest BCUT2D eigenvalue weighted by Gasteiger charge is -2.23. The van der Waals surface area contributed by atoms with Gasteiger partial charge in [0.25, 0.3) is 0 Å². The van der Waals surface area contributed by atoms with Gasteiger partial charge in [-0.05, 0) is 29.8 Å². The van der Waals surface area contributed by atoms with Gasteiger partial charge in [-0.25, -0.2) is 0 Å². The number of methoxy groups -OCH3 is 2. The second kappa shape index (κ2) is 7.54. The van der Waals surface area contributed by atoms with Crippen LogP contribution in [-0.4, -0.2) is 19.9 Å². The Kier molecular flexibility index (Phi) is 4.79. The minimum Gasteiger partial charge on any atom is -0.497 e. The molecule has 1 aliphatic rings. The highest BCUT2D eigenvalue weighted by atomic mass is 16.5. The molecule has 4 nitrogen and oxygen atoms in total. The van der Waals surface area contributed by atoms with E-state index in [9.17, 15) is 0 Å². The van der Waals surface area contributed by atoms with Crippen molar-refractivity contribution in [3.8, 4) is 11.5 Å². The van der Waals surface area contributed by atoms with E-state index in [0.717, 1.165) is 34.9 Å². The predicted octanol–water partition coefficient (Wildman–Crippen LogP) is 5.06. The third kappa shape index (κ3) is 3.38. The Bertz CT molecular complexity index is 939. The lowest BCUT2D eigenvalue weighted by atomic mass is 9.97. The number of rotatable bonds is 5. The summed E-state index contributed by atoms with van der Waals surface area (Å²) in [5, 5.41) is 7.09. The van der Waals surface area contributed by atoms with Gasteiger partial charge in [0.2, 0.25) is 0 Å². The fourth-order valence-electron chi connectivity index (χ4n) is 3.46.